The van der Waals surface area contributed by atoms with Crippen LogP contribution in [-0.4, -0.2) is 31.5 Å². The quantitative estimate of drug-likeness (QED) is 0.818. The molecule has 0 spiro atoms. The lowest BCUT2D eigenvalue weighted by Crippen LogP contribution is -2.18. The summed E-state index contributed by atoms with van der Waals surface area (Å²) in [5, 5.41) is 12.1. The molecule has 1 fully saturated rings. The molecular weight excluding hydrogens is 256 g/mol. The monoisotopic (exact) mass is 274 g/mol. The number of hydrogen-bond acceptors (Lipinski definition) is 4. The SMILES string of the molecule is Cc1nn(C)c(-n2ccc(C(N)=O)n2)c1CNC1CC1. The van der Waals surface area contributed by atoms with E-state index < -0.39 is 5.91 Å². The highest BCUT2D eigenvalue weighted by atomic mass is 16.1. The molecular formula is C13H18N6O. The van der Waals surface area contributed by atoms with Crippen molar-refractivity contribution in [2.45, 2.75) is 32.4 Å². The van der Waals surface area contributed by atoms with Crippen LogP contribution in [0.15, 0.2) is 12.3 Å². The van der Waals surface area contributed by atoms with Gasteiger partial charge in [-0.3, -0.25) is 9.48 Å². The summed E-state index contributed by atoms with van der Waals surface area (Å²) < 4.78 is 3.43. The molecule has 1 amide bonds. The molecule has 0 atom stereocenters. The van der Waals surface area contributed by atoms with Crippen molar-refractivity contribution in [2.24, 2.45) is 12.8 Å². The van der Waals surface area contributed by atoms with Gasteiger partial charge in [0.1, 0.15) is 5.69 Å². The maximum Gasteiger partial charge on any atom is 0.269 e. The van der Waals surface area contributed by atoms with E-state index in [2.05, 4.69) is 15.5 Å². The predicted molar refractivity (Wildman–Crippen MR) is 73.4 cm³/mol. The molecule has 106 valence electrons. The van der Waals surface area contributed by atoms with Crippen molar-refractivity contribution >= 4 is 5.91 Å². The first-order chi connectivity index (χ1) is 9.56. The molecule has 2 aromatic heterocycles. The first-order valence-electron chi connectivity index (χ1n) is 6.68. The van der Waals surface area contributed by atoms with Crippen molar-refractivity contribution in [1.82, 2.24) is 24.9 Å². The Morgan fingerprint density at radius 1 is 1.50 bits per heavy atom. The largest absolute Gasteiger partial charge is 0.364 e. The zero-order chi connectivity index (χ0) is 14.3. The Hall–Kier alpha value is -2.15. The second-order valence-corrected chi connectivity index (χ2v) is 5.18. The third-order valence-corrected chi connectivity index (χ3v) is 3.52. The second kappa shape index (κ2) is 4.75. The van der Waals surface area contributed by atoms with Gasteiger partial charge in [-0.2, -0.15) is 10.2 Å². The van der Waals surface area contributed by atoms with Gasteiger partial charge in [-0.25, -0.2) is 4.68 Å². The fourth-order valence-electron chi connectivity index (χ4n) is 2.29. The fraction of sp³-hybridized carbons (Fsp3) is 0.462. The van der Waals surface area contributed by atoms with Crippen molar-refractivity contribution in [1.29, 1.82) is 0 Å². The summed E-state index contributed by atoms with van der Waals surface area (Å²) in [7, 11) is 1.87. The van der Waals surface area contributed by atoms with E-state index in [1.54, 1.807) is 21.6 Å². The number of carbonyl (C=O) groups excluding carboxylic acids is 1. The second-order valence-electron chi connectivity index (χ2n) is 5.18. The van der Waals surface area contributed by atoms with Crippen LogP contribution in [-0.2, 0) is 13.6 Å². The molecule has 20 heavy (non-hydrogen) atoms. The Morgan fingerprint density at radius 2 is 2.25 bits per heavy atom. The molecule has 7 heteroatoms. The Labute approximate surface area is 116 Å². The first kappa shape index (κ1) is 12.9. The summed E-state index contributed by atoms with van der Waals surface area (Å²) in [6, 6.07) is 2.24. The summed E-state index contributed by atoms with van der Waals surface area (Å²) in [5.41, 5.74) is 7.56. The average molecular weight is 274 g/mol. The number of aromatic nitrogens is 4. The van der Waals surface area contributed by atoms with Gasteiger partial charge in [-0.05, 0) is 25.8 Å². The number of amides is 1. The summed E-state index contributed by atoms with van der Waals surface area (Å²) in [4.78, 5) is 11.2. The lowest BCUT2D eigenvalue weighted by molar-refractivity contribution is 0.0995. The van der Waals surface area contributed by atoms with Crippen LogP contribution in [0.2, 0.25) is 0 Å². The number of nitrogens with one attached hydrogen (secondary N) is 1. The molecule has 0 radical (unpaired) electrons. The highest BCUT2D eigenvalue weighted by Crippen LogP contribution is 2.22. The molecule has 0 unspecified atom stereocenters. The minimum atomic E-state index is -0.528. The van der Waals surface area contributed by atoms with Crippen LogP contribution in [0.25, 0.3) is 5.82 Å². The van der Waals surface area contributed by atoms with Gasteiger partial charge in [0.05, 0.1) is 5.69 Å². The number of hydrogen-bond donors (Lipinski definition) is 2. The first-order valence-corrected chi connectivity index (χ1v) is 6.68. The van der Waals surface area contributed by atoms with Gasteiger partial charge in [0.15, 0.2) is 5.82 Å². The van der Waals surface area contributed by atoms with Crippen LogP contribution < -0.4 is 11.1 Å². The summed E-state index contributed by atoms with van der Waals surface area (Å²) in [6.45, 7) is 2.73. The number of carbonyl (C=O) groups is 1. The van der Waals surface area contributed by atoms with Crippen LogP contribution in [0.4, 0.5) is 0 Å². The minimum Gasteiger partial charge on any atom is -0.364 e. The lowest BCUT2D eigenvalue weighted by atomic mass is 10.2. The molecule has 1 aliphatic rings. The van der Waals surface area contributed by atoms with Crippen molar-refractivity contribution < 1.29 is 4.79 Å². The minimum absolute atomic E-state index is 0.255. The molecule has 0 aromatic carbocycles. The Bertz CT molecular complexity index is 652. The van der Waals surface area contributed by atoms with Crippen LogP contribution in [0.1, 0.15) is 34.6 Å². The van der Waals surface area contributed by atoms with Crippen molar-refractivity contribution in [3.63, 3.8) is 0 Å². The number of rotatable bonds is 5. The van der Waals surface area contributed by atoms with Gasteiger partial charge in [0, 0.05) is 31.4 Å². The number of aryl methyl sites for hydroxylation is 2. The van der Waals surface area contributed by atoms with E-state index in [1.807, 2.05) is 14.0 Å². The molecule has 0 aliphatic heterocycles. The summed E-state index contributed by atoms with van der Waals surface area (Å²) in [6.07, 6.45) is 4.21. The zero-order valence-electron chi connectivity index (χ0n) is 11.6. The Balaban J connectivity index is 1.95. The van der Waals surface area contributed by atoms with E-state index in [0.29, 0.717) is 6.04 Å². The van der Waals surface area contributed by atoms with Crippen LogP contribution in [0.3, 0.4) is 0 Å². The maximum absolute atomic E-state index is 11.2. The third-order valence-electron chi connectivity index (χ3n) is 3.52. The maximum atomic E-state index is 11.2. The Morgan fingerprint density at radius 3 is 2.85 bits per heavy atom. The van der Waals surface area contributed by atoms with Gasteiger partial charge >= 0.3 is 0 Å². The topological polar surface area (TPSA) is 90.8 Å². The van der Waals surface area contributed by atoms with Crippen molar-refractivity contribution in [3.05, 3.63) is 29.2 Å². The van der Waals surface area contributed by atoms with Gasteiger partial charge in [-0.1, -0.05) is 0 Å². The standard InChI is InChI=1S/C13H18N6O/c1-8-10(7-15-9-3-4-9)13(18(2)16-8)19-6-5-11(17-19)12(14)20/h5-6,9,15H,3-4,7H2,1-2H3,(H2,14,20). The van der Waals surface area contributed by atoms with E-state index in [1.165, 1.54) is 12.8 Å². The third kappa shape index (κ3) is 2.32. The average Bonchev–Trinajstić information content (AvgIpc) is 3.00. The molecule has 2 aromatic rings. The van der Waals surface area contributed by atoms with E-state index in [9.17, 15) is 4.79 Å². The molecule has 0 saturated heterocycles. The zero-order valence-corrected chi connectivity index (χ0v) is 11.6. The Kier molecular flexibility index (Phi) is 3.06. The van der Waals surface area contributed by atoms with E-state index in [-0.39, 0.29) is 5.69 Å². The number of nitrogens with two attached hydrogens (primary N) is 1. The highest BCUT2D eigenvalue weighted by molar-refractivity contribution is 5.90. The summed E-state index contributed by atoms with van der Waals surface area (Å²) >= 11 is 0. The van der Waals surface area contributed by atoms with Crippen LogP contribution >= 0.6 is 0 Å². The molecule has 3 N–H and O–H groups in total. The molecule has 3 rings (SSSR count). The molecule has 1 aliphatic carbocycles. The van der Waals surface area contributed by atoms with E-state index in [4.69, 9.17) is 5.73 Å². The number of nitrogens with zero attached hydrogens (tertiary/aromatic N) is 4. The van der Waals surface area contributed by atoms with E-state index >= 15 is 0 Å². The molecule has 7 nitrogen and oxygen atoms in total. The summed E-state index contributed by atoms with van der Waals surface area (Å²) in [5.74, 6) is 0.337. The highest BCUT2D eigenvalue weighted by Gasteiger charge is 2.23. The van der Waals surface area contributed by atoms with Crippen molar-refractivity contribution in [2.75, 3.05) is 0 Å². The van der Waals surface area contributed by atoms with Gasteiger partial charge < -0.3 is 11.1 Å². The molecule has 2 heterocycles. The smallest absolute Gasteiger partial charge is 0.269 e. The van der Waals surface area contributed by atoms with E-state index in [0.717, 1.165) is 23.6 Å². The van der Waals surface area contributed by atoms with Gasteiger partial charge in [0.25, 0.3) is 5.91 Å². The van der Waals surface area contributed by atoms with Gasteiger partial charge in [0.2, 0.25) is 0 Å². The lowest BCUT2D eigenvalue weighted by Gasteiger charge is -2.07. The molecule has 0 bridgehead atoms. The predicted octanol–water partition coefficient (Wildman–Crippen LogP) is 0.265. The fourth-order valence-corrected chi connectivity index (χ4v) is 2.29. The van der Waals surface area contributed by atoms with Crippen LogP contribution in [0.5, 0.6) is 0 Å². The normalized spacial score (nSPS) is 14.7. The number of primary amides is 1. The van der Waals surface area contributed by atoms with Crippen molar-refractivity contribution in [3.8, 4) is 5.82 Å². The van der Waals surface area contributed by atoms with Crippen LogP contribution in [0, 0.1) is 6.92 Å². The molecule has 1 saturated carbocycles. The van der Waals surface area contributed by atoms with Gasteiger partial charge in [-0.15, -0.1) is 0 Å².